The molecule has 3 rings (SSSR count). The van der Waals surface area contributed by atoms with Gasteiger partial charge < -0.3 is 9.47 Å². The first kappa shape index (κ1) is 14.7. The quantitative estimate of drug-likeness (QED) is 0.716. The second kappa shape index (κ2) is 6.27. The van der Waals surface area contributed by atoms with Gasteiger partial charge in [-0.3, -0.25) is 4.79 Å². The predicted molar refractivity (Wildman–Crippen MR) is 81.8 cm³/mol. The molecule has 21 heavy (non-hydrogen) atoms. The van der Waals surface area contributed by atoms with Crippen LogP contribution in [0.15, 0.2) is 12.1 Å². The standard InChI is InChI=1S/C17H21ClO3/c1-11-6-15(18)14(8-17(19)21-10-13-4-5-13)16(7-11)20-9-12-2-3-12/h6-7,12-13H,2-5,8-10H2,1H3. The van der Waals surface area contributed by atoms with Crippen LogP contribution >= 0.6 is 11.6 Å². The van der Waals surface area contributed by atoms with Gasteiger partial charge in [-0.15, -0.1) is 0 Å². The Morgan fingerprint density at radius 3 is 2.52 bits per heavy atom. The average molecular weight is 309 g/mol. The minimum atomic E-state index is -0.219. The summed E-state index contributed by atoms with van der Waals surface area (Å²) in [6.07, 6.45) is 5.01. The number of carbonyl (C=O) groups excluding carboxylic acids is 1. The van der Waals surface area contributed by atoms with E-state index in [2.05, 4.69) is 0 Å². The number of halogens is 1. The van der Waals surface area contributed by atoms with Crippen LogP contribution < -0.4 is 4.74 Å². The third-order valence-electron chi connectivity index (χ3n) is 3.97. The maximum absolute atomic E-state index is 11.9. The Hall–Kier alpha value is -1.22. The minimum absolute atomic E-state index is 0.186. The van der Waals surface area contributed by atoms with E-state index < -0.39 is 0 Å². The molecule has 1 aromatic carbocycles. The molecule has 3 nitrogen and oxygen atoms in total. The van der Waals surface area contributed by atoms with E-state index >= 15 is 0 Å². The topological polar surface area (TPSA) is 35.5 Å². The van der Waals surface area contributed by atoms with Crippen molar-refractivity contribution in [3.63, 3.8) is 0 Å². The van der Waals surface area contributed by atoms with E-state index in [1.165, 1.54) is 25.7 Å². The van der Waals surface area contributed by atoms with Crippen LogP contribution in [-0.2, 0) is 16.0 Å². The zero-order valence-corrected chi connectivity index (χ0v) is 13.1. The molecule has 0 spiro atoms. The summed E-state index contributed by atoms with van der Waals surface area (Å²) in [6, 6.07) is 3.83. The smallest absolute Gasteiger partial charge is 0.310 e. The summed E-state index contributed by atoms with van der Waals surface area (Å²) >= 11 is 6.30. The van der Waals surface area contributed by atoms with Crippen LogP contribution in [0.3, 0.4) is 0 Å². The van der Waals surface area contributed by atoms with E-state index in [9.17, 15) is 4.79 Å². The third-order valence-corrected chi connectivity index (χ3v) is 4.31. The van der Waals surface area contributed by atoms with Gasteiger partial charge >= 0.3 is 5.97 Å². The Labute approximate surface area is 130 Å². The summed E-state index contributed by atoms with van der Waals surface area (Å²) < 4.78 is 11.2. The summed E-state index contributed by atoms with van der Waals surface area (Å²) in [5.41, 5.74) is 1.80. The molecule has 0 aromatic heterocycles. The van der Waals surface area contributed by atoms with Gasteiger partial charge in [-0.1, -0.05) is 11.6 Å². The molecule has 114 valence electrons. The summed E-state index contributed by atoms with van der Waals surface area (Å²) in [4.78, 5) is 11.9. The Balaban J connectivity index is 1.66. The number of hydrogen-bond donors (Lipinski definition) is 0. The molecular weight excluding hydrogens is 288 g/mol. The van der Waals surface area contributed by atoms with Gasteiger partial charge in [-0.2, -0.15) is 0 Å². The van der Waals surface area contributed by atoms with Crippen LogP contribution in [0.1, 0.15) is 36.8 Å². The lowest BCUT2D eigenvalue weighted by Gasteiger charge is -2.14. The highest BCUT2D eigenvalue weighted by Gasteiger charge is 2.25. The molecule has 0 amide bonds. The van der Waals surface area contributed by atoms with Crippen LogP contribution in [-0.4, -0.2) is 19.2 Å². The van der Waals surface area contributed by atoms with Crippen LogP contribution in [0.25, 0.3) is 0 Å². The molecule has 0 N–H and O–H groups in total. The fraction of sp³-hybridized carbons (Fsp3) is 0.588. The van der Waals surface area contributed by atoms with Crippen molar-refractivity contribution in [3.8, 4) is 5.75 Å². The molecule has 0 radical (unpaired) electrons. The van der Waals surface area contributed by atoms with E-state index in [-0.39, 0.29) is 12.4 Å². The lowest BCUT2D eigenvalue weighted by atomic mass is 10.1. The molecule has 0 bridgehead atoms. The fourth-order valence-corrected chi connectivity index (χ4v) is 2.56. The maximum atomic E-state index is 11.9. The SMILES string of the molecule is Cc1cc(Cl)c(CC(=O)OCC2CC2)c(OCC2CC2)c1. The number of rotatable bonds is 7. The van der Waals surface area contributed by atoms with Crippen molar-refractivity contribution >= 4 is 17.6 Å². The second-order valence-electron chi connectivity index (χ2n) is 6.28. The third kappa shape index (κ3) is 4.37. The van der Waals surface area contributed by atoms with Gasteiger partial charge in [0.1, 0.15) is 5.75 Å². The Bertz CT molecular complexity index is 533. The number of carbonyl (C=O) groups is 1. The first-order valence-corrected chi connectivity index (χ1v) is 8.07. The zero-order valence-electron chi connectivity index (χ0n) is 12.4. The van der Waals surface area contributed by atoms with Crippen LogP contribution in [0, 0.1) is 18.8 Å². The highest BCUT2D eigenvalue weighted by Crippen LogP contribution is 2.34. The number of ether oxygens (including phenoxy) is 2. The molecule has 0 heterocycles. The van der Waals surface area contributed by atoms with Gasteiger partial charge in [0, 0.05) is 10.6 Å². The molecule has 2 fully saturated rings. The van der Waals surface area contributed by atoms with Gasteiger partial charge in [0.25, 0.3) is 0 Å². The van der Waals surface area contributed by atoms with Gasteiger partial charge in [0.05, 0.1) is 19.6 Å². The highest BCUT2D eigenvalue weighted by molar-refractivity contribution is 6.31. The summed E-state index contributed by atoms with van der Waals surface area (Å²) in [5, 5.41) is 0.587. The number of aryl methyl sites for hydroxylation is 1. The lowest BCUT2D eigenvalue weighted by Crippen LogP contribution is -2.12. The summed E-state index contributed by atoms with van der Waals surface area (Å²) in [7, 11) is 0. The zero-order chi connectivity index (χ0) is 14.8. The Morgan fingerprint density at radius 1 is 1.19 bits per heavy atom. The lowest BCUT2D eigenvalue weighted by molar-refractivity contribution is -0.143. The van der Waals surface area contributed by atoms with Gasteiger partial charge in [0.15, 0.2) is 0 Å². The van der Waals surface area contributed by atoms with E-state index in [4.69, 9.17) is 21.1 Å². The van der Waals surface area contributed by atoms with Crippen LogP contribution in [0.2, 0.25) is 5.02 Å². The largest absolute Gasteiger partial charge is 0.493 e. The first-order valence-electron chi connectivity index (χ1n) is 7.69. The Morgan fingerprint density at radius 2 is 1.86 bits per heavy atom. The Kier molecular flexibility index (Phi) is 4.39. The monoisotopic (exact) mass is 308 g/mol. The second-order valence-corrected chi connectivity index (χ2v) is 6.69. The van der Waals surface area contributed by atoms with Crippen molar-refractivity contribution in [3.05, 3.63) is 28.3 Å². The van der Waals surface area contributed by atoms with Gasteiger partial charge in [-0.25, -0.2) is 0 Å². The van der Waals surface area contributed by atoms with Crippen LogP contribution in [0.5, 0.6) is 5.75 Å². The maximum Gasteiger partial charge on any atom is 0.310 e. The molecular formula is C17H21ClO3. The van der Waals surface area contributed by atoms with E-state index in [1.807, 2.05) is 19.1 Å². The molecule has 4 heteroatoms. The van der Waals surface area contributed by atoms with Crippen LogP contribution in [0.4, 0.5) is 0 Å². The number of hydrogen-bond acceptors (Lipinski definition) is 3. The molecule has 0 aliphatic heterocycles. The molecule has 2 aliphatic rings. The molecule has 0 unspecified atom stereocenters. The van der Waals surface area contributed by atoms with Crippen molar-refractivity contribution in [1.29, 1.82) is 0 Å². The molecule has 0 saturated heterocycles. The number of benzene rings is 1. The molecule has 2 aliphatic carbocycles. The van der Waals surface area contributed by atoms with Gasteiger partial charge in [0.2, 0.25) is 0 Å². The normalized spacial score (nSPS) is 17.6. The summed E-state index contributed by atoms with van der Waals surface area (Å²) in [5.74, 6) is 1.76. The van der Waals surface area contributed by atoms with E-state index in [1.54, 1.807) is 0 Å². The van der Waals surface area contributed by atoms with E-state index in [0.29, 0.717) is 30.1 Å². The van der Waals surface area contributed by atoms with Crippen molar-refractivity contribution in [1.82, 2.24) is 0 Å². The summed E-state index contributed by atoms with van der Waals surface area (Å²) in [6.45, 7) is 3.23. The number of esters is 1. The van der Waals surface area contributed by atoms with Crippen molar-refractivity contribution in [2.75, 3.05) is 13.2 Å². The van der Waals surface area contributed by atoms with Gasteiger partial charge in [-0.05, 0) is 62.1 Å². The first-order chi connectivity index (χ1) is 10.1. The average Bonchev–Trinajstić information content (AvgIpc) is 3.32. The minimum Gasteiger partial charge on any atom is -0.493 e. The molecule has 1 aromatic rings. The van der Waals surface area contributed by atoms with E-state index in [0.717, 1.165) is 16.9 Å². The molecule has 0 atom stereocenters. The molecule has 2 saturated carbocycles. The van der Waals surface area contributed by atoms with Crippen molar-refractivity contribution in [2.45, 2.75) is 39.0 Å². The highest BCUT2D eigenvalue weighted by atomic mass is 35.5. The predicted octanol–water partition coefficient (Wildman–Crippen LogP) is 3.93. The fourth-order valence-electron chi connectivity index (χ4n) is 2.22. The van der Waals surface area contributed by atoms with Crippen molar-refractivity contribution < 1.29 is 14.3 Å². The van der Waals surface area contributed by atoms with Crippen molar-refractivity contribution in [2.24, 2.45) is 11.8 Å².